The molecule has 0 saturated heterocycles. The van der Waals surface area contributed by atoms with E-state index in [0.29, 0.717) is 22.9 Å². The second-order valence-corrected chi connectivity index (χ2v) is 7.04. The van der Waals surface area contributed by atoms with E-state index in [0.717, 1.165) is 10.9 Å². The predicted octanol–water partition coefficient (Wildman–Crippen LogP) is 3.58. The lowest BCUT2D eigenvalue weighted by Gasteiger charge is -2.27. The maximum absolute atomic E-state index is 12.3. The highest BCUT2D eigenvalue weighted by molar-refractivity contribution is 9.11. The Balaban J connectivity index is 2.17. The molecular weight excluding hydrogens is 390 g/mol. The van der Waals surface area contributed by atoms with Crippen LogP contribution in [-0.2, 0) is 4.79 Å². The molecule has 2 atom stereocenters. The fourth-order valence-electron chi connectivity index (χ4n) is 2.56. The fourth-order valence-corrected chi connectivity index (χ4v) is 3.79. The Bertz CT molecular complexity index is 561. The summed E-state index contributed by atoms with van der Waals surface area (Å²) in [6, 6.07) is 4.95. The largest absolute Gasteiger partial charge is 0.481 e. The molecule has 1 aromatic rings. The Hall–Kier alpha value is -0.880. The minimum Gasteiger partial charge on any atom is -0.481 e. The number of halogens is 2. The first-order valence-corrected chi connectivity index (χ1v) is 7.92. The Morgan fingerprint density at radius 3 is 2.70 bits per heavy atom. The number of carbonyl (C=O) groups is 2. The van der Waals surface area contributed by atoms with Gasteiger partial charge >= 0.3 is 5.97 Å². The van der Waals surface area contributed by atoms with Gasteiger partial charge in [0.25, 0.3) is 5.91 Å². The molecule has 6 heteroatoms. The van der Waals surface area contributed by atoms with Crippen LogP contribution in [0.2, 0.25) is 0 Å². The fraction of sp³-hybridized carbons (Fsp3) is 0.429. The third kappa shape index (κ3) is 2.91. The van der Waals surface area contributed by atoms with Gasteiger partial charge in [-0.1, -0.05) is 22.4 Å². The standard InChI is InChI=1S/C14H15Br2NO3/c1-14(13(19)20)6-2-3-11(14)17-12(18)9-5-4-8(15)7-10(9)16/h4-5,7,11H,2-3,6H2,1H3,(H,17,18)(H,19,20). The summed E-state index contributed by atoms with van der Waals surface area (Å²) in [4.78, 5) is 23.7. The Labute approximate surface area is 134 Å². The van der Waals surface area contributed by atoms with Crippen LogP contribution in [0, 0.1) is 5.41 Å². The normalized spacial score (nSPS) is 25.4. The molecule has 1 amide bonds. The van der Waals surface area contributed by atoms with Crippen molar-refractivity contribution >= 4 is 43.7 Å². The molecule has 2 unspecified atom stereocenters. The maximum Gasteiger partial charge on any atom is 0.311 e. The summed E-state index contributed by atoms with van der Waals surface area (Å²) in [5.41, 5.74) is -0.370. The summed E-state index contributed by atoms with van der Waals surface area (Å²) in [6.45, 7) is 1.70. The van der Waals surface area contributed by atoms with Crippen LogP contribution in [-0.4, -0.2) is 23.0 Å². The molecule has 1 aromatic carbocycles. The lowest BCUT2D eigenvalue weighted by Crippen LogP contribution is -2.47. The van der Waals surface area contributed by atoms with Gasteiger partial charge in [0.1, 0.15) is 0 Å². The molecule has 1 aliphatic rings. The molecule has 0 radical (unpaired) electrons. The molecule has 2 N–H and O–H groups in total. The number of benzene rings is 1. The van der Waals surface area contributed by atoms with E-state index in [2.05, 4.69) is 37.2 Å². The summed E-state index contributed by atoms with van der Waals surface area (Å²) in [5, 5.41) is 12.2. The topological polar surface area (TPSA) is 66.4 Å². The first-order chi connectivity index (χ1) is 9.34. The molecule has 2 rings (SSSR count). The molecule has 20 heavy (non-hydrogen) atoms. The molecule has 0 bridgehead atoms. The van der Waals surface area contributed by atoms with E-state index >= 15 is 0 Å². The second kappa shape index (κ2) is 5.85. The number of rotatable bonds is 3. The van der Waals surface area contributed by atoms with Gasteiger partial charge in [-0.2, -0.15) is 0 Å². The highest BCUT2D eigenvalue weighted by Crippen LogP contribution is 2.38. The van der Waals surface area contributed by atoms with Crippen molar-refractivity contribution in [3.8, 4) is 0 Å². The van der Waals surface area contributed by atoms with Gasteiger partial charge in [0.2, 0.25) is 0 Å². The van der Waals surface area contributed by atoms with Gasteiger partial charge in [0.05, 0.1) is 11.0 Å². The predicted molar refractivity (Wildman–Crippen MR) is 82.7 cm³/mol. The van der Waals surface area contributed by atoms with Gasteiger partial charge < -0.3 is 10.4 Å². The Kier molecular flexibility index (Phi) is 4.54. The number of aliphatic carboxylic acids is 1. The summed E-state index contributed by atoms with van der Waals surface area (Å²) in [6.07, 6.45) is 2.10. The van der Waals surface area contributed by atoms with E-state index in [1.807, 2.05) is 0 Å². The van der Waals surface area contributed by atoms with Crippen molar-refractivity contribution < 1.29 is 14.7 Å². The molecule has 0 heterocycles. The summed E-state index contributed by atoms with van der Waals surface area (Å²) in [5.74, 6) is -1.10. The maximum atomic E-state index is 12.3. The van der Waals surface area contributed by atoms with E-state index in [9.17, 15) is 14.7 Å². The molecule has 0 aromatic heterocycles. The van der Waals surface area contributed by atoms with E-state index in [4.69, 9.17) is 0 Å². The van der Waals surface area contributed by atoms with Crippen LogP contribution in [0.15, 0.2) is 27.1 Å². The van der Waals surface area contributed by atoms with Gasteiger partial charge in [-0.3, -0.25) is 9.59 Å². The van der Waals surface area contributed by atoms with Gasteiger partial charge in [0, 0.05) is 15.0 Å². The molecular formula is C14H15Br2NO3. The first-order valence-electron chi connectivity index (χ1n) is 6.34. The number of carbonyl (C=O) groups excluding carboxylic acids is 1. The smallest absolute Gasteiger partial charge is 0.311 e. The zero-order chi connectivity index (χ0) is 14.9. The zero-order valence-electron chi connectivity index (χ0n) is 11.0. The zero-order valence-corrected chi connectivity index (χ0v) is 14.1. The molecule has 4 nitrogen and oxygen atoms in total. The monoisotopic (exact) mass is 403 g/mol. The van der Waals surface area contributed by atoms with E-state index < -0.39 is 11.4 Å². The van der Waals surface area contributed by atoms with Gasteiger partial charge in [-0.05, 0) is 53.9 Å². The van der Waals surface area contributed by atoms with Crippen LogP contribution in [0.25, 0.3) is 0 Å². The third-order valence-corrected chi connectivity index (χ3v) is 5.08. The number of amides is 1. The first kappa shape index (κ1) is 15.5. The van der Waals surface area contributed by atoms with Crippen molar-refractivity contribution in [3.63, 3.8) is 0 Å². The summed E-state index contributed by atoms with van der Waals surface area (Å²) in [7, 11) is 0. The molecule has 1 aliphatic carbocycles. The number of hydrogen-bond donors (Lipinski definition) is 2. The number of nitrogens with one attached hydrogen (secondary N) is 1. The Morgan fingerprint density at radius 2 is 2.10 bits per heavy atom. The minimum atomic E-state index is -0.877. The lowest BCUT2D eigenvalue weighted by atomic mass is 9.85. The highest BCUT2D eigenvalue weighted by Gasteiger charge is 2.46. The average Bonchev–Trinajstić information content (AvgIpc) is 2.72. The van der Waals surface area contributed by atoms with Crippen LogP contribution in [0.1, 0.15) is 36.5 Å². The Morgan fingerprint density at radius 1 is 1.40 bits per heavy atom. The molecule has 1 saturated carbocycles. The molecule has 108 valence electrons. The van der Waals surface area contributed by atoms with E-state index in [1.165, 1.54) is 0 Å². The molecule has 1 fully saturated rings. The lowest BCUT2D eigenvalue weighted by molar-refractivity contribution is -0.148. The number of carboxylic acid groups (broad SMARTS) is 1. The van der Waals surface area contributed by atoms with Crippen LogP contribution < -0.4 is 5.32 Å². The second-order valence-electron chi connectivity index (χ2n) is 5.27. The van der Waals surface area contributed by atoms with Crippen molar-refractivity contribution in [2.75, 3.05) is 0 Å². The average molecular weight is 405 g/mol. The highest BCUT2D eigenvalue weighted by atomic mass is 79.9. The van der Waals surface area contributed by atoms with Crippen LogP contribution in [0.4, 0.5) is 0 Å². The van der Waals surface area contributed by atoms with E-state index in [1.54, 1.807) is 25.1 Å². The summed E-state index contributed by atoms with van der Waals surface area (Å²) < 4.78 is 1.55. The van der Waals surface area contributed by atoms with Crippen molar-refractivity contribution in [3.05, 3.63) is 32.7 Å². The quantitative estimate of drug-likeness (QED) is 0.808. The molecule has 0 aliphatic heterocycles. The van der Waals surface area contributed by atoms with Crippen molar-refractivity contribution in [1.29, 1.82) is 0 Å². The van der Waals surface area contributed by atoms with Gasteiger partial charge in [0.15, 0.2) is 0 Å². The van der Waals surface area contributed by atoms with Crippen LogP contribution in [0.3, 0.4) is 0 Å². The van der Waals surface area contributed by atoms with Gasteiger partial charge in [-0.15, -0.1) is 0 Å². The number of hydrogen-bond acceptors (Lipinski definition) is 2. The van der Waals surface area contributed by atoms with Crippen LogP contribution >= 0.6 is 31.9 Å². The van der Waals surface area contributed by atoms with E-state index in [-0.39, 0.29) is 11.9 Å². The van der Waals surface area contributed by atoms with Crippen LogP contribution in [0.5, 0.6) is 0 Å². The van der Waals surface area contributed by atoms with Gasteiger partial charge in [-0.25, -0.2) is 0 Å². The third-order valence-electron chi connectivity index (χ3n) is 3.93. The minimum absolute atomic E-state index is 0.247. The SMILES string of the molecule is CC1(C(=O)O)CCCC1NC(=O)c1ccc(Br)cc1Br. The van der Waals surface area contributed by atoms with Crippen molar-refractivity contribution in [1.82, 2.24) is 5.32 Å². The molecule has 0 spiro atoms. The number of carboxylic acids is 1. The van der Waals surface area contributed by atoms with Crippen molar-refractivity contribution in [2.45, 2.75) is 32.2 Å². The van der Waals surface area contributed by atoms with Crippen molar-refractivity contribution in [2.24, 2.45) is 5.41 Å². The summed E-state index contributed by atoms with van der Waals surface area (Å²) >= 11 is 6.68.